The highest BCUT2D eigenvalue weighted by atomic mass is 32.2. The number of ether oxygens (including phenoxy) is 1. The van der Waals surface area contributed by atoms with Gasteiger partial charge in [0.25, 0.3) is 10.0 Å². The molecule has 0 aliphatic rings. The van der Waals surface area contributed by atoms with Crippen LogP contribution in [0.4, 0.5) is 5.82 Å². The number of sulfonamides is 1. The number of aryl methyl sites for hydroxylation is 1. The van der Waals surface area contributed by atoms with Gasteiger partial charge in [-0.05, 0) is 37.6 Å². The normalized spacial score (nSPS) is 11.3. The number of hydrogen-bond donors (Lipinski definition) is 1. The summed E-state index contributed by atoms with van der Waals surface area (Å²) in [4.78, 5) is 0.141. The van der Waals surface area contributed by atoms with Crippen molar-refractivity contribution in [2.24, 2.45) is 0 Å². The van der Waals surface area contributed by atoms with E-state index >= 15 is 0 Å². The van der Waals surface area contributed by atoms with Gasteiger partial charge in [-0.3, -0.25) is 4.72 Å². The SMILES string of the molecule is CCCOc1ccc(S(=O)(=O)Nc2cc(C)on2)cc1. The fourth-order valence-corrected chi connectivity index (χ4v) is 2.53. The minimum absolute atomic E-state index is 0.141. The largest absolute Gasteiger partial charge is 0.494 e. The highest BCUT2D eigenvalue weighted by Crippen LogP contribution is 2.19. The van der Waals surface area contributed by atoms with Crippen molar-refractivity contribution in [1.29, 1.82) is 0 Å². The van der Waals surface area contributed by atoms with E-state index in [4.69, 9.17) is 9.26 Å². The van der Waals surface area contributed by atoms with Gasteiger partial charge in [0.2, 0.25) is 0 Å². The molecule has 1 heterocycles. The topological polar surface area (TPSA) is 81.4 Å². The van der Waals surface area contributed by atoms with E-state index in [9.17, 15) is 8.42 Å². The predicted octanol–water partition coefficient (Wildman–Crippen LogP) is 2.57. The first-order chi connectivity index (χ1) is 9.51. The van der Waals surface area contributed by atoms with Crippen LogP contribution >= 0.6 is 0 Å². The van der Waals surface area contributed by atoms with E-state index in [0.29, 0.717) is 18.1 Å². The molecule has 0 spiro atoms. The van der Waals surface area contributed by atoms with Crippen molar-refractivity contribution < 1.29 is 17.7 Å². The zero-order valence-corrected chi connectivity index (χ0v) is 12.1. The molecule has 20 heavy (non-hydrogen) atoms. The molecule has 1 aromatic heterocycles. The molecule has 0 saturated carbocycles. The summed E-state index contributed by atoms with van der Waals surface area (Å²) in [6, 6.07) is 7.73. The third-order valence-corrected chi connectivity index (χ3v) is 3.84. The quantitative estimate of drug-likeness (QED) is 0.886. The molecule has 0 aliphatic carbocycles. The summed E-state index contributed by atoms with van der Waals surface area (Å²) in [6.45, 7) is 4.29. The fraction of sp³-hybridized carbons (Fsp3) is 0.308. The number of nitrogens with zero attached hydrogens (tertiary/aromatic N) is 1. The van der Waals surface area contributed by atoms with Gasteiger partial charge in [-0.15, -0.1) is 0 Å². The molecule has 0 atom stereocenters. The molecule has 2 aromatic rings. The van der Waals surface area contributed by atoms with E-state index in [-0.39, 0.29) is 10.7 Å². The van der Waals surface area contributed by atoms with Gasteiger partial charge in [0.05, 0.1) is 11.5 Å². The van der Waals surface area contributed by atoms with Crippen LogP contribution in [0.5, 0.6) is 5.75 Å². The van der Waals surface area contributed by atoms with Crippen molar-refractivity contribution in [3.63, 3.8) is 0 Å². The third-order valence-electron chi connectivity index (χ3n) is 2.47. The summed E-state index contributed by atoms with van der Waals surface area (Å²) < 4.78 is 36.8. The van der Waals surface area contributed by atoms with Crippen LogP contribution in [-0.4, -0.2) is 20.2 Å². The Morgan fingerprint density at radius 2 is 2.00 bits per heavy atom. The minimum Gasteiger partial charge on any atom is -0.494 e. The van der Waals surface area contributed by atoms with Gasteiger partial charge in [0.15, 0.2) is 5.82 Å². The second-order valence-electron chi connectivity index (χ2n) is 4.25. The van der Waals surface area contributed by atoms with E-state index in [0.717, 1.165) is 6.42 Å². The Morgan fingerprint density at radius 3 is 2.55 bits per heavy atom. The first-order valence-corrected chi connectivity index (χ1v) is 7.68. The lowest BCUT2D eigenvalue weighted by atomic mass is 10.3. The Labute approximate surface area is 117 Å². The van der Waals surface area contributed by atoms with Gasteiger partial charge in [-0.25, -0.2) is 8.42 Å². The van der Waals surface area contributed by atoms with Gasteiger partial charge < -0.3 is 9.26 Å². The predicted molar refractivity (Wildman–Crippen MR) is 74.3 cm³/mol. The van der Waals surface area contributed by atoms with E-state index < -0.39 is 10.0 Å². The van der Waals surface area contributed by atoms with Crippen LogP contribution in [0.1, 0.15) is 19.1 Å². The molecular weight excluding hydrogens is 280 g/mol. The summed E-state index contributed by atoms with van der Waals surface area (Å²) in [5.41, 5.74) is 0. The molecule has 6 nitrogen and oxygen atoms in total. The lowest BCUT2D eigenvalue weighted by Gasteiger charge is -2.07. The summed E-state index contributed by atoms with van der Waals surface area (Å²) in [5.74, 6) is 1.34. The molecular formula is C13H16N2O4S. The van der Waals surface area contributed by atoms with Gasteiger partial charge in [0.1, 0.15) is 11.5 Å². The Hall–Kier alpha value is -2.02. The highest BCUT2D eigenvalue weighted by molar-refractivity contribution is 7.92. The number of rotatable bonds is 6. The van der Waals surface area contributed by atoms with Crippen molar-refractivity contribution in [2.45, 2.75) is 25.2 Å². The first-order valence-electron chi connectivity index (χ1n) is 6.20. The maximum atomic E-state index is 12.1. The average Bonchev–Trinajstić information content (AvgIpc) is 2.81. The molecule has 0 saturated heterocycles. The van der Waals surface area contributed by atoms with Crippen molar-refractivity contribution in [1.82, 2.24) is 5.16 Å². The fourth-order valence-electron chi connectivity index (χ4n) is 1.55. The van der Waals surface area contributed by atoms with Crippen molar-refractivity contribution in [2.75, 3.05) is 11.3 Å². The van der Waals surface area contributed by atoms with Crippen LogP contribution in [0.2, 0.25) is 0 Å². The summed E-state index contributed by atoms with van der Waals surface area (Å²) in [5, 5.41) is 3.59. The van der Waals surface area contributed by atoms with Gasteiger partial charge in [0, 0.05) is 6.07 Å². The van der Waals surface area contributed by atoms with Gasteiger partial charge in [-0.1, -0.05) is 12.1 Å². The Kier molecular flexibility index (Phi) is 4.29. The van der Waals surface area contributed by atoms with Crippen molar-refractivity contribution in [3.8, 4) is 5.75 Å². The summed E-state index contributed by atoms with van der Waals surface area (Å²) in [7, 11) is -3.67. The van der Waals surface area contributed by atoms with E-state index in [1.807, 2.05) is 6.92 Å². The van der Waals surface area contributed by atoms with E-state index in [1.54, 1.807) is 19.1 Å². The summed E-state index contributed by atoms with van der Waals surface area (Å²) in [6.07, 6.45) is 0.896. The highest BCUT2D eigenvalue weighted by Gasteiger charge is 2.16. The van der Waals surface area contributed by atoms with Gasteiger partial charge in [-0.2, -0.15) is 0 Å². The molecule has 2 rings (SSSR count). The molecule has 1 aromatic carbocycles. The van der Waals surface area contributed by atoms with Crippen LogP contribution in [0, 0.1) is 6.92 Å². The third kappa shape index (κ3) is 3.51. The zero-order chi connectivity index (χ0) is 14.6. The maximum absolute atomic E-state index is 12.1. The molecule has 0 amide bonds. The number of benzene rings is 1. The second kappa shape index (κ2) is 5.96. The van der Waals surface area contributed by atoms with Gasteiger partial charge >= 0.3 is 0 Å². The average molecular weight is 296 g/mol. The van der Waals surface area contributed by atoms with Crippen molar-refractivity contribution >= 4 is 15.8 Å². The van der Waals surface area contributed by atoms with Crippen LogP contribution < -0.4 is 9.46 Å². The molecule has 0 bridgehead atoms. The molecule has 0 unspecified atom stereocenters. The Morgan fingerprint density at radius 1 is 1.30 bits per heavy atom. The number of hydrogen-bond acceptors (Lipinski definition) is 5. The lowest BCUT2D eigenvalue weighted by molar-refractivity contribution is 0.317. The standard InChI is InChI=1S/C13H16N2O4S/c1-3-8-18-11-4-6-12(7-5-11)20(16,17)15-13-9-10(2)19-14-13/h4-7,9H,3,8H2,1-2H3,(H,14,15). The Balaban J connectivity index is 2.13. The van der Waals surface area contributed by atoms with Crippen LogP contribution in [0.3, 0.4) is 0 Å². The smallest absolute Gasteiger partial charge is 0.263 e. The van der Waals surface area contributed by atoms with Crippen molar-refractivity contribution in [3.05, 3.63) is 36.1 Å². The van der Waals surface area contributed by atoms with Crippen LogP contribution in [-0.2, 0) is 10.0 Å². The zero-order valence-electron chi connectivity index (χ0n) is 11.3. The minimum atomic E-state index is -3.67. The lowest BCUT2D eigenvalue weighted by Crippen LogP contribution is -2.13. The molecule has 0 radical (unpaired) electrons. The summed E-state index contributed by atoms with van der Waals surface area (Å²) >= 11 is 0. The van der Waals surface area contributed by atoms with Crippen LogP contribution in [0.25, 0.3) is 0 Å². The molecule has 0 fully saturated rings. The number of nitrogens with one attached hydrogen (secondary N) is 1. The molecule has 108 valence electrons. The van der Waals surface area contributed by atoms with E-state index in [1.165, 1.54) is 18.2 Å². The first kappa shape index (κ1) is 14.4. The maximum Gasteiger partial charge on any atom is 0.263 e. The monoisotopic (exact) mass is 296 g/mol. The van der Waals surface area contributed by atoms with E-state index in [2.05, 4.69) is 9.88 Å². The number of aromatic nitrogens is 1. The molecule has 0 aliphatic heterocycles. The second-order valence-corrected chi connectivity index (χ2v) is 5.93. The molecule has 7 heteroatoms. The van der Waals surface area contributed by atoms with Crippen LogP contribution in [0.15, 0.2) is 39.8 Å². The molecule has 1 N–H and O–H groups in total. The number of anilines is 1. The Bertz CT molecular complexity index is 662.